The number of likely N-dealkylation sites (tertiary alicyclic amines) is 1. The molecule has 7 heteroatoms. The fourth-order valence-electron chi connectivity index (χ4n) is 2.80. The first kappa shape index (κ1) is 21.8. The van der Waals surface area contributed by atoms with Crippen LogP contribution < -0.4 is 0 Å². The van der Waals surface area contributed by atoms with Gasteiger partial charge in [0.15, 0.2) is 0 Å². The highest BCUT2D eigenvalue weighted by Gasteiger charge is 2.27. The molecule has 0 spiro atoms. The van der Waals surface area contributed by atoms with Crippen LogP contribution in [0, 0.1) is 5.41 Å². The molecule has 0 aromatic heterocycles. The van der Waals surface area contributed by atoms with Gasteiger partial charge in [0, 0.05) is 36.0 Å². The Bertz CT molecular complexity index is 714. The molecule has 1 aromatic carbocycles. The summed E-state index contributed by atoms with van der Waals surface area (Å²) < 4.78 is 5.32. The van der Waals surface area contributed by atoms with E-state index in [2.05, 4.69) is 4.90 Å². The maximum atomic E-state index is 11.9. The standard InChI is InChI=1S/C20H26ClNO4S/c1-20(2,3)19(25)26-13-27-17-8-9-22(12-15(17)10-18(23)24)11-14-6-4-5-7-16(14)21/h4-7,10,17H,8-9,11-13H2,1-3H3,(H,23,24)/b15-10+. The second kappa shape index (κ2) is 9.62. The van der Waals surface area contributed by atoms with Gasteiger partial charge >= 0.3 is 11.9 Å². The van der Waals surface area contributed by atoms with E-state index in [1.165, 1.54) is 17.8 Å². The summed E-state index contributed by atoms with van der Waals surface area (Å²) in [5.41, 5.74) is 1.31. The SMILES string of the molecule is CC(C)(C)C(=O)OCSC1CCN(Cc2ccccc2Cl)C/C1=C\C(=O)O. The van der Waals surface area contributed by atoms with Gasteiger partial charge in [0.1, 0.15) is 5.94 Å². The van der Waals surface area contributed by atoms with E-state index in [-0.39, 0.29) is 17.2 Å². The average Bonchev–Trinajstić information content (AvgIpc) is 2.57. The molecule has 0 radical (unpaired) electrons. The molecule has 27 heavy (non-hydrogen) atoms. The zero-order chi connectivity index (χ0) is 20.0. The third-order valence-electron chi connectivity index (χ3n) is 4.26. The monoisotopic (exact) mass is 411 g/mol. The van der Waals surface area contributed by atoms with Crippen molar-refractivity contribution in [1.82, 2.24) is 4.90 Å². The molecule has 1 N–H and O–H groups in total. The zero-order valence-electron chi connectivity index (χ0n) is 15.9. The molecule has 148 valence electrons. The Morgan fingerprint density at radius 1 is 1.37 bits per heavy atom. The Morgan fingerprint density at radius 3 is 2.70 bits per heavy atom. The number of halogens is 1. The van der Waals surface area contributed by atoms with E-state index in [0.29, 0.717) is 18.1 Å². The number of ether oxygens (including phenoxy) is 1. The van der Waals surface area contributed by atoms with E-state index in [1.807, 2.05) is 45.0 Å². The van der Waals surface area contributed by atoms with Crippen molar-refractivity contribution in [3.63, 3.8) is 0 Å². The van der Waals surface area contributed by atoms with Gasteiger partial charge in [-0.25, -0.2) is 4.79 Å². The van der Waals surface area contributed by atoms with E-state index >= 15 is 0 Å². The minimum atomic E-state index is -0.957. The minimum absolute atomic E-state index is 0.0244. The molecule has 0 saturated carbocycles. The van der Waals surface area contributed by atoms with Crippen molar-refractivity contribution >= 4 is 35.3 Å². The number of carboxylic acids is 1. The smallest absolute Gasteiger partial charge is 0.328 e. The van der Waals surface area contributed by atoms with Crippen LogP contribution in [0.4, 0.5) is 0 Å². The van der Waals surface area contributed by atoms with Crippen LogP contribution in [-0.2, 0) is 20.9 Å². The minimum Gasteiger partial charge on any atom is -0.478 e. The Morgan fingerprint density at radius 2 is 2.07 bits per heavy atom. The molecule has 1 atom stereocenters. The lowest BCUT2D eigenvalue weighted by molar-refractivity contribution is -0.150. The quantitative estimate of drug-likeness (QED) is 0.429. The first-order valence-corrected chi connectivity index (χ1v) is 10.3. The Hall–Kier alpha value is -1.50. The molecule has 0 aliphatic carbocycles. The fourth-order valence-corrected chi connectivity index (χ4v) is 3.96. The number of esters is 1. The molecule has 1 aromatic rings. The highest BCUT2D eigenvalue weighted by atomic mass is 35.5. The number of carbonyl (C=O) groups excluding carboxylic acids is 1. The molecule has 0 amide bonds. The molecule has 0 bridgehead atoms. The van der Waals surface area contributed by atoms with Gasteiger partial charge in [0.05, 0.1) is 5.41 Å². The van der Waals surface area contributed by atoms with Crippen LogP contribution in [0.5, 0.6) is 0 Å². The molecule has 1 unspecified atom stereocenters. The van der Waals surface area contributed by atoms with Gasteiger partial charge in [-0.3, -0.25) is 9.69 Å². The van der Waals surface area contributed by atoms with Crippen LogP contribution in [0.1, 0.15) is 32.8 Å². The van der Waals surface area contributed by atoms with Gasteiger partial charge in [0.25, 0.3) is 0 Å². The molecule has 1 heterocycles. The number of rotatable bonds is 6. The normalized spacial score (nSPS) is 19.9. The number of aliphatic carboxylic acids is 1. The number of carboxylic acid groups (broad SMARTS) is 1. The van der Waals surface area contributed by atoms with Crippen LogP contribution in [0.2, 0.25) is 5.02 Å². The van der Waals surface area contributed by atoms with Crippen LogP contribution >= 0.6 is 23.4 Å². The summed E-state index contributed by atoms with van der Waals surface area (Å²) in [6.45, 7) is 7.48. The predicted octanol–water partition coefficient (Wildman–Crippen LogP) is 4.21. The molecule has 5 nitrogen and oxygen atoms in total. The Balaban J connectivity index is 1.97. The van der Waals surface area contributed by atoms with Gasteiger partial charge in [-0.2, -0.15) is 0 Å². The fraction of sp³-hybridized carbons (Fsp3) is 0.500. The maximum Gasteiger partial charge on any atom is 0.328 e. The van der Waals surface area contributed by atoms with Gasteiger partial charge in [-0.15, -0.1) is 11.8 Å². The number of piperidine rings is 1. The van der Waals surface area contributed by atoms with E-state index in [1.54, 1.807) is 0 Å². The van der Waals surface area contributed by atoms with Crippen LogP contribution in [0.3, 0.4) is 0 Å². The summed E-state index contributed by atoms with van der Waals surface area (Å²) in [4.78, 5) is 25.3. The van der Waals surface area contributed by atoms with Gasteiger partial charge in [-0.1, -0.05) is 29.8 Å². The second-order valence-corrected chi connectivity index (χ2v) is 9.15. The topological polar surface area (TPSA) is 66.8 Å². The molecule has 2 rings (SSSR count). The number of carbonyl (C=O) groups is 2. The van der Waals surface area contributed by atoms with Crippen molar-refractivity contribution in [2.24, 2.45) is 5.41 Å². The molecular weight excluding hydrogens is 386 g/mol. The molecule has 1 aliphatic heterocycles. The van der Waals surface area contributed by atoms with Crippen LogP contribution in [0.15, 0.2) is 35.9 Å². The second-order valence-electron chi connectivity index (χ2n) is 7.60. The summed E-state index contributed by atoms with van der Waals surface area (Å²) in [5.74, 6) is -0.987. The van der Waals surface area contributed by atoms with Crippen molar-refractivity contribution < 1.29 is 19.4 Å². The Kier molecular flexibility index (Phi) is 7.77. The van der Waals surface area contributed by atoms with Crippen molar-refractivity contribution in [2.45, 2.75) is 39.0 Å². The summed E-state index contributed by atoms with van der Waals surface area (Å²) in [7, 11) is 0. The zero-order valence-corrected chi connectivity index (χ0v) is 17.5. The maximum absolute atomic E-state index is 11.9. The lowest BCUT2D eigenvalue weighted by Gasteiger charge is -2.34. The van der Waals surface area contributed by atoms with Crippen LogP contribution in [0.25, 0.3) is 0 Å². The van der Waals surface area contributed by atoms with E-state index in [9.17, 15) is 14.7 Å². The third kappa shape index (κ3) is 6.87. The highest BCUT2D eigenvalue weighted by molar-refractivity contribution is 7.99. The molecular formula is C20H26ClNO4S. The van der Waals surface area contributed by atoms with Crippen molar-refractivity contribution in [3.05, 3.63) is 46.5 Å². The lowest BCUT2D eigenvalue weighted by Crippen LogP contribution is -2.37. The number of thioether (sulfide) groups is 1. The highest BCUT2D eigenvalue weighted by Crippen LogP contribution is 2.30. The third-order valence-corrected chi connectivity index (χ3v) is 5.82. The lowest BCUT2D eigenvalue weighted by atomic mass is 9.98. The van der Waals surface area contributed by atoms with Gasteiger partial charge in [0.2, 0.25) is 0 Å². The molecule has 1 aliphatic rings. The Labute approximate surface area is 169 Å². The summed E-state index contributed by atoms with van der Waals surface area (Å²) in [6, 6.07) is 7.68. The van der Waals surface area contributed by atoms with Crippen molar-refractivity contribution in [3.8, 4) is 0 Å². The van der Waals surface area contributed by atoms with Crippen LogP contribution in [-0.4, -0.2) is 46.2 Å². The number of benzene rings is 1. The van der Waals surface area contributed by atoms with E-state index in [4.69, 9.17) is 16.3 Å². The van der Waals surface area contributed by atoms with E-state index < -0.39 is 11.4 Å². The average molecular weight is 412 g/mol. The number of hydrogen-bond donors (Lipinski definition) is 1. The van der Waals surface area contributed by atoms with Crippen molar-refractivity contribution in [1.29, 1.82) is 0 Å². The first-order valence-electron chi connectivity index (χ1n) is 8.85. The van der Waals surface area contributed by atoms with Gasteiger partial charge < -0.3 is 9.84 Å². The number of nitrogens with zero attached hydrogens (tertiary/aromatic N) is 1. The largest absolute Gasteiger partial charge is 0.478 e. The van der Waals surface area contributed by atoms with Crippen molar-refractivity contribution in [2.75, 3.05) is 19.0 Å². The molecule has 1 saturated heterocycles. The molecule has 1 fully saturated rings. The van der Waals surface area contributed by atoms with Gasteiger partial charge in [-0.05, 0) is 44.4 Å². The summed E-state index contributed by atoms with van der Waals surface area (Å²) >= 11 is 7.72. The summed E-state index contributed by atoms with van der Waals surface area (Å²) in [6.07, 6.45) is 2.07. The first-order chi connectivity index (χ1) is 12.7. The predicted molar refractivity (Wildman–Crippen MR) is 109 cm³/mol. The number of hydrogen-bond acceptors (Lipinski definition) is 5. The van der Waals surface area contributed by atoms with E-state index in [0.717, 1.165) is 24.1 Å². The summed E-state index contributed by atoms with van der Waals surface area (Å²) in [5, 5.41) is 9.95.